The zero-order valence-corrected chi connectivity index (χ0v) is 29.5. The summed E-state index contributed by atoms with van der Waals surface area (Å²) in [7, 11) is -2.60. The Kier molecular flexibility index (Phi) is 9.05. The van der Waals surface area contributed by atoms with Gasteiger partial charge in [-0.05, 0) is 80.6 Å². The van der Waals surface area contributed by atoms with Crippen LogP contribution in [0.4, 0.5) is 21.6 Å². The number of aryl methyl sites for hydroxylation is 1. The number of thiazole rings is 1. The Balaban J connectivity index is 1.07. The maximum absolute atomic E-state index is 13.5. The Bertz CT molecular complexity index is 2080. The third kappa shape index (κ3) is 6.67. The van der Waals surface area contributed by atoms with Gasteiger partial charge < -0.3 is 15.0 Å². The van der Waals surface area contributed by atoms with Crippen molar-refractivity contribution in [1.29, 1.82) is 0 Å². The summed E-state index contributed by atoms with van der Waals surface area (Å²) in [5.41, 5.74) is 3.11. The van der Waals surface area contributed by atoms with Crippen molar-refractivity contribution in [3.8, 4) is 10.4 Å². The Morgan fingerprint density at radius 1 is 1.04 bits per heavy atom. The molecule has 50 heavy (non-hydrogen) atoms. The van der Waals surface area contributed by atoms with Crippen molar-refractivity contribution in [2.75, 3.05) is 36.9 Å². The first-order valence-corrected chi connectivity index (χ1v) is 18.7. The highest BCUT2D eigenvalue weighted by Gasteiger charge is 2.41. The van der Waals surface area contributed by atoms with E-state index in [1.54, 1.807) is 29.2 Å². The molecule has 13 nitrogen and oxygen atoms in total. The number of piperazine rings is 1. The van der Waals surface area contributed by atoms with Crippen molar-refractivity contribution in [2.24, 2.45) is 5.92 Å². The Hall–Kier alpha value is -4.86. The molecule has 2 N–H and O–H groups in total. The zero-order valence-electron chi connectivity index (χ0n) is 27.9. The third-order valence-corrected chi connectivity index (χ3v) is 11.9. The van der Waals surface area contributed by atoms with E-state index in [0.29, 0.717) is 52.6 Å². The van der Waals surface area contributed by atoms with E-state index in [9.17, 15) is 22.8 Å². The second-order valence-corrected chi connectivity index (χ2v) is 15.5. The number of nitrogens with zero attached hydrogens (tertiary/aromatic N) is 5. The molecule has 4 aromatic rings. The number of sulfonamides is 1. The number of fused-ring (bicyclic) bond motifs is 1. The second-order valence-electron chi connectivity index (χ2n) is 12.7. The normalized spacial score (nSPS) is 16.8. The molecule has 2 aliphatic heterocycles. The van der Waals surface area contributed by atoms with Crippen LogP contribution in [0.5, 0.6) is 0 Å². The van der Waals surface area contributed by atoms with Crippen LogP contribution in [0.25, 0.3) is 10.4 Å². The summed E-state index contributed by atoms with van der Waals surface area (Å²) in [6.45, 7) is 4.78. The summed E-state index contributed by atoms with van der Waals surface area (Å²) in [6.07, 6.45) is 1.60. The maximum Gasteiger partial charge on any atom is 0.410 e. The number of carbonyl (C=O) groups is 3. The van der Waals surface area contributed by atoms with Gasteiger partial charge in [0.1, 0.15) is 24.8 Å². The average molecular weight is 716 g/mol. The molecule has 1 saturated heterocycles. The van der Waals surface area contributed by atoms with Crippen LogP contribution in [0.3, 0.4) is 0 Å². The molecule has 2 fully saturated rings. The number of aromatic nitrogens is 2. The van der Waals surface area contributed by atoms with Crippen LogP contribution in [-0.4, -0.2) is 78.8 Å². The number of rotatable bonds is 10. The van der Waals surface area contributed by atoms with Crippen LogP contribution >= 0.6 is 11.3 Å². The molecule has 3 amide bonds. The van der Waals surface area contributed by atoms with E-state index in [0.717, 1.165) is 23.3 Å². The number of anilines is 3. The maximum atomic E-state index is 13.5. The van der Waals surface area contributed by atoms with Crippen LogP contribution in [0.15, 0.2) is 65.6 Å². The molecule has 260 valence electrons. The Morgan fingerprint density at radius 3 is 2.54 bits per heavy atom. The predicted molar refractivity (Wildman–Crippen MR) is 189 cm³/mol. The molecule has 4 heterocycles. The standard InChI is InChI=1S/C35H37N7O6S2/c1-21-32(25-16-26-18-42(22(2)24-12-13-24)33(44)31(26)27(17-25)50(46,47)36-3)49-34(37-21)39-28-10-7-11-29(38-28)41-15-14-40(19-30(41)43)35(45)48-20-23-8-5-4-6-9-23/h4-11,16-17,22,24,36H,12-15,18-20H2,1-3H3,(H,37,38,39). The highest BCUT2D eigenvalue weighted by Crippen LogP contribution is 2.42. The minimum atomic E-state index is -3.94. The molecule has 0 radical (unpaired) electrons. The molecule has 2 aromatic carbocycles. The number of ether oxygens (including phenoxy) is 1. The quantitative estimate of drug-likeness (QED) is 0.233. The highest BCUT2D eigenvalue weighted by atomic mass is 32.2. The van der Waals surface area contributed by atoms with Crippen LogP contribution < -0.4 is 14.9 Å². The molecule has 15 heteroatoms. The van der Waals surface area contributed by atoms with E-state index in [1.807, 2.05) is 50.2 Å². The van der Waals surface area contributed by atoms with Gasteiger partial charge in [0.2, 0.25) is 15.9 Å². The molecule has 0 bridgehead atoms. The van der Waals surface area contributed by atoms with Crippen molar-refractivity contribution in [1.82, 2.24) is 24.5 Å². The lowest BCUT2D eigenvalue weighted by atomic mass is 10.0. The molecule has 1 aliphatic carbocycles. The number of amides is 3. The second kappa shape index (κ2) is 13.5. The van der Waals surface area contributed by atoms with Crippen molar-refractivity contribution < 1.29 is 27.5 Å². The van der Waals surface area contributed by atoms with Crippen molar-refractivity contribution in [3.63, 3.8) is 0 Å². The summed E-state index contributed by atoms with van der Waals surface area (Å²) in [4.78, 5) is 54.0. The van der Waals surface area contributed by atoms with E-state index < -0.39 is 16.1 Å². The zero-order chi connectivity index (χ0) is 35.2. The number of benzene rings is 2. The summed E-state index contributed by atoms with van der Waals surface area (Å²) >= 11 is 1.34. The van der Waals surface area contributed by atoms with E-state index in [1.165, 1.54) is 28.2 Å². The molecule has 7 rings (SSSR count). The summed E-state index contributed by atoms with van der Waals surface area (Å²) < 4.78 is 34.2. The lowest BCUT2D eigenvalue weighted by molar-refractivity contribution is -0.121. The molecule has 3 aliphatic rings. The molecular weight excluding hydrogens is 679 g/mol. The molecular formula is C35H37N7O6S2. The summed E-state index contributed by atoms with van der Waals surface area (Å²) in [6, 6.07) is 18.1. The number of hydrogen-bond acceptors (Lipinski definition) is 10. The monoisotopic (exact) mass is 715 g/mol. The van der Waals surface area contributed by atoms with E-state index in [-0.39, 0.29) is 48.0 Å². The fraction of sp³-hybridized carbons (Fsp3) is 0.343. The van der Waals surface area contributed by atoms with Crippen LogP contribution in [0.2, 0.25) is 0 Å². The molecule has 1 atom stereocenters. The van der Waals surface area contributed by atoms with Gasteiger partial charge >= 0.3 is 6.09 Å². The van der Waals surface area contributed by atoms with Gasteiger partial charge in [-0.15, -0.1) is 0 Å². The van der Waals surface area contributed by atoms with Gasteiger partial charge in [0, 0.05) is 25.7 Å². The van der Waals surface area contributed by atoms with E-state index >= 15 is 0 Å². The minimum absolute atomic E-state index is 0.0334. The first-order chi connectivity index (χ1) is 24.0. The van der Waals surface area contributed by atoms with Crippen LogP contribution in [-0.2, 0) is 32.7 Å². The fourth-order valence-corrected chi connectivity index (χ4v) is 8.36. The third-order valence-electron chi connectivity index (χ3n) is 9.34. The molecule has 1 unspecified atom stereocenters. The Morgan fingerprint density at radius 2 is 1.82 bits per heavy atom. The topological polar surface area (TPSA) is 154 Å². The number of nitrogens with one attached hydrogen (secondary N) is 2. The van der Waals surface area contributed by atoms with Crippen LogP contribution in [0, 0.1) is 12.8 Å². The van der Waals surface area contributed by atoms with Gasteiger partial charge in [-0.1, -0.05) is 47.7 Å². The number of hydrogen-bond donors (Lipinski definition) is 2. The summed E-state index contributed by atoms with van der Waals surface area (Å²) in [5.74, 6) is 0.803. The fourth-order valence-electron chi connectivity index (χ4n) is 6.41. The van der Waals surface area contributed by atoms with Crippen molar-refractivity contribution in [2.45, 2.75) is 50.8 Å². The van der Waals surface area contributed by atoms with Gasteiger partial charge in [0.05, 0.1) is 21.0 Å². The van der Waals surface area contributed by atoms with E-state index in [2.05, 4.69) is 20.0 Å². The van der Waals surface area contributed by atoms with Crippen molar-refractivity contribution in [3.05, 3.63) is 83.0 Å². The number of pyridine rings is 1. The minimum Gasteiger partial charge on any atom is -0.445 e. The first kappa shape index (κ1) is 33.6. The Labute approximate surface area is 294 Å². The van der Waals surface area contributed by atoms with Gasteiger partial charge in [0.25, 0.3) is 5.91 Å². The highest BCUT2D eigenvalue weighted by molar-refractivity contribution is 7.89. The molecule has 0 spiro atoms. The lowest BCUT2D eigenvalue weighted by Gasteiger charge is -2.33. The predicted octanol–water partition coefficient (Wildman–Crippen LogP) is 4.90. The van der Waals surface area contributed by atoms with Gasteiger partial charge in [-0.3, -0.25) is 19.4 Å². The average Bonchev–Trinajstić information content (AvgIpc) is 3.83. The molecule has 1 saturated carbocycles. The number of carbonyl (C=O) groups excluding carboxylic acids is 3. The van der Waals surface area contributed by atoms with Crippen molar-refractivity contribution >= 4 is 56.0 Å². The summed E-state index contributed by atoms with van der Waals surface area (Å²) in [5, 5.41) is 3.75. The SMILES string of the molecule is CNS(=O)(=O)c1cc(-c2sc(Nc3cccc(N4CCN(C(=O)OCc5ccccc5)CC4=O)n3)nc2C)cc2c1C(=O)N(C(C)C1CC1)C2. The lowest BCUT2D eigenvalue weighted by Crippen LogP contribution is -2.52. The van der Waals surface area contributed by atoms with Gasteiger partial charge in [0.15, 0.2) is 5.13 Å². The largest absolute Gasteiger partial charge is 0.445 e. The van der Waals surface area contributed by atoms with E-state index in [4.69, 9.17) is 4.74 Å². The van der Waals surface area contributed by atoms with Crippen LogP contribution in [0.1, 0.15) is 46.9 Å². The van der Waals surface area contributed by atoms with Gasteiger partial charge in [-0.25, -0.2) is 27.9 Å². The molecule has 2 aromatic heterocycles. The van der Waals surface area contributed by atoms with Gasteiger partial charge in [-0.2, -0.15) is 0 Å². The smallest absolute Gasteiger partial charge is 0.410 e. The first-order valence-electron chi connectivity index (χ1n) is 16.4.